The lowest BCUT2D eigenvalue weighted by Gasteiger charge is -2.10. The molecule has 0 amide bonds. The Kier molecular flexibility index (Phi) is 4.74. The largest absolute Gasteiger partial charge is 0.494 e. The van der Waals surface area contributed by atoms with Crippen LogP contribution in [0.15, 0.2) is 27.2 Å². The summed E-state index contributed by atoms with van der Waals surface area (Å²) in [7, 11) is 0. The fourth-order valence-electron chi connectivity index (χ4n) is 2.29. The van der Waals surface area contributed by atoms with Gasteiger partial charge in [-0.3, -0.25) is 19.3 Å². The zero-order valence-corrected chi connectivity index (χ0v) is 12.0. The maximum absolute atomic E-state index is 11.9. The minimum Gasteiger partial charge on any atom is -0.494 e. The van der Waals surface area contributed by atoms with Crippen molar-refractivity contribution < 1.29 is 9.84 Å². The number of hydrogen-bond donors (Lipinski definition) is 2. The second-order valence-electron chi connectivity index (χ2n) is 4.92. The highest BCUT2D eigenvalue weighted by Crippen LogP contribution is 2.14. The van der Waals surface area contributed by atoms with E-state index >= 15 is 0 Å². The van der Waals surface area contributed by atoms with Gasteiger partial charge in [0.25, 0.3) is 5.56 Å². The zero-order valence-electron chi connectivity index (χ0n) is 12.0. The fourth-order valence-corrected chi connectivity index (χ4v) is 2.29. The fraction of sp³-hybridized carbons (Fsp3) is 0.500. The molecule has 0 unspecified atom stereocenters. The van der Waals surface area contributed by atoms with Crippen LogP contribution >= 0.6 is 0 Å². The summed E-state index contributed by atoms with van der Waals surface area (Å²) >= 11 is 0. The third-order valence-corrected chi connectivity index (χ3v) is 3.40. The third-order valence-electron chi connectivity index (χ3n) is 3.40. The van der Waals surface area contributed by atoms with E-state index in [2.05, 4.69) is 16.6 Å². The number of aromatic amines is 1. The molecule has 0 aromatic carbocycles. The van der Waals surface area contributed by atoms with Gasteiger partial charge in [-0.1, -0.05) is 6.08 Å². The van der Waals surface area contributed by atoms with E-state index in [1.807, 2.05) is 0 Å². The molecule has 114 valence electrons. The molecule has 0 bridgehead atoms. The molecule has 1 aliphatic heterocycles. The van der Waals surface area contributed by atoms with Crippen LogP contribution in [0.2, 0.25) is 0 Å². The minimum atomic E-state index is -0.673. The molecule has 7 nitrogen and oxygen atoms in total. The molecule has 0 aliphatic carbocycles. The van der Waals surface area contributed by atoms with Crippen LogP contribution < -0.4 is 11.2 Å². The molecule has 21 heavy (non-hydrogen) atoms. The van der Waals surface area contributed by atoms with E-state index in [4.69, 9.17) is 4.74 Å². The molecule has 1 aliphatic rings. The van der Waals surface area contributed by atoms with Gasteiger partial charge in [0.2, 0.25) is 5.88 Å². The lowest BCUT2D eigenvalue weighted by molar-refractivity contribution is 0.118. The highest BCUT2D eigenvalue weighted by atomic mass is 16.5. The van der Waals surface area contributed by atoms with E-state index in [1.54, 1.807) is 6.92 Å². The Labute approximate surface area is 121 Å². The number of hydrogen-bond acceptors (Lipinski definition) is 5. The molecule has 0 spiro atoms. The molecule has 1 atom stereocenters. The standard InChI is InChI=1S/C14H19N3O4/c1-3-6-17-13(19)11(12(18)16-14(17)20)9(2)15-8-10-5-4-7-21-10/h3,10,19H,1,4-8H2,2H3,(H,16,18,20)/t10-/m0/s1. The third kappa shape index (κ3) is 3.30. The van der Waals surface area contributed by atoms with E-state index in [0.717, 1.165) is 24.0 Å². The SMILES string of the molecule is C=CCn1c(O)c(C(C)=NC[C@@H]2CCCO2)c(=O)[nH]c1=O. The topological polar surface area (TPSA) is 96.7 Å². The maximum Gasteiger partial charge on any atom is 0.331 e. The predicted molar refractivity (Wildman–Crippen MR) is 79.2 cm³/mol. The second kappa shape index (κ2) is 6.53. The van der Waals surface area contributed by atoms with Crippen molar-refractivity contribution in [3.05, 3.63) is 39.1 Å². The van der Waals surface area contributed by atoms with Crippen molar-refractivity contribution in [1.29, 1.82) is 0 Å². The van der Waals surface area contributed by atoms with E-state index < -0.39 is 17.1 Å². The Morgan fingerprint density at radius 1 is 1.62 bits per heavy atom. The second-order valence-corrected chi connectivity index (χ2v) is 4.92. The Balaban J connectivity index is 2.35. The number of rotatable bonds is 5. The molecule has 1 fully saturated rings. The number of nitrogens with zero attached hydrogens (tertiary/aromatic N) is 2. The van der Waals surface area contributed by atoms with Crippen LogP contribution in [0.3, 0.4) is 0 Å². The summed E-state index contributed by atoms with van der Waals surface area (Å²) in [5.74, 6) is -0.391. The van der Waals surface area contributed by atoms with E-state index in [9.17, 15) is 14.7 Å². The van der Waals surface area contributed by atoms with Gasteiger partial charge < -0.3 is 9.84 Å². The van der Waals surface area contributed by atoms with Gasteiger partial charge in [0, 0.05) is 18.9 Å². The summed E-state index contributed by atoms with van der Waals surface area (Å²) in [6.07, 6.45) is 3.46. The summed E-state index contributed by atoms with van der Waals surface area (Å²) in [6, 6.07) is 0. The summed E-state index contributed by atoms with van der Waals surface area (Å²) in [6.45, 7) is 6.41. The van der Waals surface area contributed by atoms with Gasteiger partial charge in [-0.25, -0.2) is 4.79 Å². The Hall–Kier alpha value is -2.15. The molecule has 2 N–H and O–H groups in total. The Morgan fingerprint density at radius 3 is 3.00 bits per heavy atom. The van der Waals surface area contributed by atoms with Gasteiger partial charge in [-0.2, -0.15) is 0 Å². The first kappa shape index (κ1) is 15.2. The van der Waals surface area contributed by atoms with Crippen LogP contribution in [0.25, 0.3) is 0 Å². The van der Waals surface area contributed by atoms with Gasteiger partial charge in [-0.05, 0) is 19.8 Å². The first-order valence-corrected chi connectivity index (χ1v) is 6.84. The lowest BCUT2D eigenvalue weighted by Crippen LogP contribution is -2.33. The van der Waals surface area contributed by atoms with E-state index in [1.165, 1.54) is 6.08 Å². The molecule has 7 heteroatoms. The van der Waals surface area contributed by atoms with Gasteiger partial charge in [-0.15, -0.1) is 6.58 Å². The average Bonchev–Trinajstić information content (AvgIpc) is 2.94. The van der Waals surface area contributed by atoms with Crippen molar-refractivity contribution in [2.45, 2.75) is 32.4 Å². The van der Waals surface area contributed by atoms with Crippen LogP contribution in [0, 0.1) is 0 Å². The van der Waals surface area contributed by atoms with Crippen molar-refractivity contribution in [3.63, 3.8) is 0 Å². The van der Waals surface area contributed by atoms with Gasteiger partial charge >= 0.3 is 5.69 Å². The number of nitrogens with one attached hydrogen (secondary N) is 1. The Bertz CT molecular complexity index is 666. The van der Waals surface area contributed by atoms with Crippen LogP contribution in [-0.2, 0) is 11.3 Å². The molecular weight excluding hydrogens is 274 g/mol. The molecule has 2 rings (SSSR count). The smallest absolute Gasteiger partial charge is 0.331 e. The van der Waals surface area contributed by atoms with Crippen LogP contribution in [0.1, 0.15) is 25.3 Å². The molecule has 0 saturated carbocycles. The number of aromatic hydroxyl groups is 1. The summed E-state index contributed by atoms with van der Waals surface area (Å²) < 4.78 is 6.49. The van der Waals surface area contributed by atoms with Crippen molar-refractivity contribution in [3.8, 4) is 5.88 Å². The van der Waals surface area contributed by atoms with Crippen molar-refractivity contribution in [1.82, 2.24) is 9.55 Å². The molecule has 0 radical (unpaired) electrons. The van der Waals surface area contributed by atoms with Crippen LogP contribution in [0.4, 0.5) is 0 Å². The normalized spacial score (nSPS) is 18.9. The minimum absolute atomic E-state index is 0.00875. The van der Waals surface area contributed by atoms with Crippen molar-refractivity contribution in [2.24, 2.45) is 4.99 Å². The highest BCUT2D eigenvalue weighted by molar-refractivity contribution is 6.00. The maximum atomic E-state index is 11.9. The van der Waals surface area contributed by atoms with Crippen LogP contribution in [0.5, 0.6) is 5.88 Å². The first-order chi connectivity index (χ1) is 10.0. The number of allylic oxidation sites excluding steroid dienone is 1. The van der Waals surface area contributed by atoms with E-state index in [-0.39, 0.29) is 18.2 Å². The van der Waals surface area contributed by atoms with Gasteiger partial charge in [0.15, 0.2) is 0 Å². The lowest BCUT2D eigenvalue weighted by atomic mass is 10.2. The molecular formula is C14H19N3O4. The number of H-pyrrole nitrogens is 1. The van der Waals surface area contributed by atoms with E-state index in [0.29, 0.717) is 12.3 Å². The molecule has 2 heterocycles. The van der Waals surface area contributed by atoms with Gasteiger partial charge in [0.1, 0.15) is 5.56 Å². The monoisotopic (exact) mass is 293 g/mol. The molecule has 1 aromatic heterocycles. The molecule has 1 aromatic rings. The summed E-state index contributed by atoms with van der Waals surface area (Å²) in [4.78, 5) is 30.0. The first-order valence-electron chi connectivity index (χ1n) is 6.84. The average molecular weight is 293 g/mol. The summed E-state index contributed by atoms with van der Waals surface area (Å²) in [5, 5.41) is 10.1. The van der Waals surface area contributed by atoms with Crippen molar-refractivity contribution in [2.75, 3.05) is 13.2 Å². The highest BCUT2D eigenvalue weighted by Gasteiger charge is 2.18. The quantitative estimate of drug-likeness (QED) is 0.607. The predicted octanol–water partition coefficient (Wildman–Crippen LogP) is 0.416. The zero-order chi connectivity index (χ0) is 15.4. The number of aliphatic imine (C=N–C) groups is 1. The number of aromatic nitrogens is 2. The molecule has 1 saturated heterocycles. The Morgan fingerprint density at radius 2 is 2.38 bits per heavy atom. The van der Waals surface area contributed by atoms with Crippen LogP contribution in [-0.4, -0.2) is 39.6 Å². The summed E-state index contributed by atoms with van der Waals surface area (Å²) in [5.41, 5.74) is -0.934. The van der Waals surface area contributed by atoms with Gasteiger partial charge in [0.05, 0.1) is 12.6 Å². The van der Waals surface area contributed by atoms with Crippen molar-refractivity contribution >= 4 is 5.71 Å². The number of ether oxygens (including phenoxy) is 1.